The van der Waals surface area contributed by atoms with Crippen LogP contribution in [0.5, 0.6) is 0 Å². The van der Waals surface area contributed by atoms with Crippen molar-refractivity contribution in [1.29, 1.82) is 0 Å². The first kappa shape index (κ1) is 10.2. The van der Waals surface area contributed by atoms with E-state index < -0.39 is 0 Å². The summed E-state index contributed by atoms with van der Waals surface area (Å²) in [7, 11) is 0. The first-order valence-corrected chi connectivity index (χ1v) is 5.33. The molecule has 2 rings (SSSR count). The molecule has 0 N–H and O–H groups in total. The lowest BCUT2D eigenvalue weighted by molar-refractivity contribution is 0.104. The lowest BCUT2D eigenvalue weighted by Crippen LogP contribution is -2.14. The molecule has 1 aromatic rings. The topological polar surface area (TPSA) is 17.1 Å². The van der Waals surface area contributed by atoms with Crippen molar-refractivity contribution in [2.75, 3.05) is 0 Å². The van der Waals surface area contributed by atoms with E-state index in [4.69, 9.17) is 0 Å². The quantitative estimate of drug-likeness (QED) is 0.628. The van der Waals surface area contributed by atoms with Gasteiger partial charge in [0.15, 0.2) is 5.78 Å². The Morgan fingerprint density at radius 2 is 1.93 bits per heavy atom. The van der Waals surface area contributed by atoms with Crippen LogP contribution in [0.3, 0.4) is 0 Å². The number of fused-ring (bicyclic) bond motifs is 1. The molecular weight excluding hydrogens is 184 g/mol. The fraction of sp³-hybridized carbons (Fsp3) is 0.357. The van der Waals surface area contributed by atoms with Crippen LogP contribution in [0.15, 0.2) is 30.4 Å². The average Bonchev–Trinajstić information content (AvgIpc) is 2.16. The highest BCUT2D eigenvalue weighted by Gasteiger charge is 2.18. The Morgan fingerprint density at radius 3 is 2.60 bits per heavy atom. The number of rotatable bonds is 0. The van der Waals surface area contributed by atoms with Crippen LogP contribution in [0, 0.1) is 0 Å². The van der Waals surface area contributed by atoms with Crippen molar-refractivity contribution in [3.63, 3.8) is 0 Å². The lowest BCUT2D eigenvalue weighted by atomic mass is 9.83. The maximum atomic E-state index is 11.6. The molecule has 0 heterocycles. The minimum atomic E-state index is 0.136. The second-order valence-corrected chi connectivity index (χ2v) is 5.09. The smallest absolute Gasteiger partial charge is 0.185 e. The summed E-state index contributed by atoms with van der Waals surface area (Å²) in [5, 5.41) is 0. The van der Waals surface area contributed by atoms with Gasteiger partial charge in [0.05, 0.1) is 0 Å². The largest absolute Gasteiger partial charge is 0.289 e. The minimum Gasteiger partial charge on any atom is -0.289 e. The number of hydrogen-bond donors (Lipinski definition) is 0. The zero-order chi connectivity index (χ0) is 11.1. The van der Waals surface area contributed by atoms with Crippen LogP contribution in [-0.2, 0) is 11.8 Å². The van der Waals surface area contributed by atoms with E-state index in [1.165, 1.54) is 5.56 Å². The maximum absolute atomic E-state index is 11.6. The zero-order valence-electron chi connectivity index (χ0n) is 9.50. The molecule has 0 saturated carbocycles. The van der Waals surface area contributed by atoms with Crippen molar-refractivity contribution in [3.8, 4) is 0 Å². The van der Waals surface area contributed by atoms with Gasteiger partial charge >= 0.3 is 0 Å². The highest BCUT2D eigenvalue weighted by molar-refractivity contribution is 6.06. The van der Waals surface area contributed by atoms with E-state index in [0.717, 1.165) is 17.5 Å². The predicted molar refractivity (Wildman–Crippen MR) is 62.3 cm³/mol. The fourth-order valence-corrected chi connectivity index (χ4v) is 1.85. The summed E-state index contributed by atoms with van der Waals surface area (Å²) in [5.74, 6) is 0.136. The van der Waals surface area contributed by atoms with E-state index in [-0.39, 0.29) is 11.2 Å². The number of hydrogen-bond acceptors (Lipinski definition) is 1. The third-order valence-electron chi connectivity index (χ3n) is 2.84. The molecule has 0 amide bonds. The standard InChI is InChI=1S/C14H16O/c1-14(2,3)11-7-8-12-10(9-11)5-4-6-13(12)15/h4,6-9H,5H2,1-3H3. The van der Waals surface area contributed by atoms with Crippen LogP contribution in [0.2, 0.25) is 0 Å². The molecule has 0 saturated heterocycles. The van der Waals surface area contributed by atoms with Crippen LogP contribution in [0.4, 0.5) is 0 Å². The van der Waals surface area contributed by atoms with Gasteiger partial charge in [-0.15, -0.1) is 0 Å². The van der Waals surface area contributed by atoms with Crippen molar-refractivity contribution < 1.29 is 4.79 Å². The second-order valence-electron chi connectivity index (χ2n) is 5.09. The molecule has 1 heteroatoms. The summed E-state index contributed by atoms with van der Waals surface area (Å²) < 4.78 is 0. The summed E-state index contributed by atoms with van der Waals surface area (Å²) in [6.07, 6.45) is 4.49. The van der Waals surface area contributed by atoms with Gasteiger partial charge in [-0.3, -0.25) is 4.79 Å². The summed E-state index contributed by atoms with van der Waals surface area (Å²) in [6, 6.07) is 6.19. The molecule has 1 aliphatic carbocycles. The Hall–Kier alpha value is -1.37. The predicted octanol–water partition coefficient (Wildman–Crippen LogP) is 3.28. The van der Waals surface area contributed by atoms with E-state index in [9.17, 15) is 4.79 Å². The van der Waals surface area contributed by atoms with Gasteiger partial charge in [-0.2, -0.15) is 0 Å². The van der Waals surface area contributed by atoms with E-state index in [1.807, 2.05) is 12.1 Å². The molecular formula is C14H16O. The highest BCUT2D eigenvalue weighted by atomic mass is 16.1. The molecule has 0 fully saturated rings. The Balaban J connectivity index is 2.49. The third kappa shape index (κ3) is 1.87. The maximum Gasteiger partial charge on any atom is 0.185 e. The van der Waals surface area contributed by atoms with Crippen LogP contribution >= 0.6 is 0 Å². The van der Waals surface area contributed by atoms with Crippen LogP contribution < -0.4 is 0 Å². The third-order valence-corrected chi connectivity index (χ3v) is 2.84. The summed E-state index contributed by atoms with van der Waals surface area (Å²) in [6.45, 7) is 6.57. The fourth-order valence-electron chi connectivity index (χ4n) is 1.85. The lowest BCUT2D eigenvalue weighted by Gasteiger charge is -2.21. The van der Waals surface area contributed by atoms with Gasteiger partial charge in [0.1, 0.15) is 0 Å². The number of carbonyl (C=O) groups excluding carboxylic acids is 1. The summed E-state index contributed by atoms with van der Waals surface area (Å²) >= 11 is 0. The van der Waals surface area contributed by atoms with Gasteiger partial charge in [0.2, 0.25) is 0 Å². The number of ketones is 1. The summed E-state index contributed by atoms with van der Waals surface area (Å²) in [4.78, 5) is 11.6. The molecule has 78 valence electrons. The first-order valence-electron chi connectivity index (χ1n) is 5.33. The number of benzene rings is 1. The van der Waals surface area contributed by atoms with E-state index in [0.29, 0.717) is 0 Å². The Labute approximate surface area is 90.8 Å². The van der Waals surface area contributed by atoms with Crippen molar-refractivity contribution in [1.82, 2.24) is 0 Å². The molecule has 1 nitrogen and oxygen atoms in total. The van der Waals surface area contributed by atoms with Gasteiger partial charge < -0.3 is 0 Å². The molecule has 0 atom stereocenters. The monoisotopic (exact) mass is 200 g/mol. The van der Waals surface area contributed by atoms with E-state index >= 15 is 0 Å². The molecule has 0 bridgehead atoms. The Bertz CT molecular complexity index is 433. The second kappa shape index (κ2) is 3.34. The van der Waals surface area contributed by atoms with Gasteiger partial charge in [-0.1, -0.05) is 45.0 Å². The van der Waals surface area contributed by atoms with Gasteiger partial charge in [-0.05, 0) is 29.0 Å². The Morgan fingerprint density at radius 1 is 1.20 bits per heavy atom. The normalized spacial score (nSPS) is 15.3. The van der Waals surface area contributed by atoms with Crippen LogP contribution in [0.1, 0.15) is 42.3 Å². The van der Waals surface area contributed by atoms with E-state index in [2.05, 4.69) is 32.9 Å². The number of carbonyl (C=O) groups is 1. The zero-order valence-corrected chi connectivity index (χ0v) is 9.50. The molecule has 15 heavy (non-hydrogen) atoms. The molecule has 1 aromatic carbocycles. The molecule has 1 aliphatic rings. The van der Waals surface area contributed by atoms with Crippen molar-refractivity contribution in [3.05, 3.63) is 47.0 Å². The summed E-state index contributed by atoms with van der Waals surface area (Å²) in [5.41, 5.74) is 3.48. The van der Waals surface area contributed by atoms with E-state index in [1.54, 1.807) is 6.08 Å². The SMILES string of the molecule is CC(C)(C)c1ccc2c(c1)CC=CC2=O. The minimum absolute atomic E-state index is 0.136. The van der Waals surface area contributed by atoms with Crippen molar-refractivity contribution in [2.45, 2.75) is 32.6 Å². The number of allylic oxidation sites excluding steroid dienone is 2. The molecule has 0 radical (unpaired) electrons. The molecule has 0 unspecified atom stereocenters. The highest BCUT2D eigenvalue weighted by Crippen LogP contribution is 2.26. The van der Waals surface area contributed by atoms with Crippen LogP contribution in [0.25, 0.3) is 0 Å². The molecule has 0 spiro atoms. The van der Waals surface area contributed by atoms with Gasteiger partial charge in [-0.25, -0.2) is 0 Å². The average molecular weight is 200 g/mol. The van der Waals surface area contributed by atoms with Crippen molar-refractivity contribution in [2.24, 2.45) is 0 Å². The van der Waals surface area contributed by atoms with Gasteiger partial charge in [0.25, 0.3) is 0 Å². The van der Waals surface area contributed by atoms with Gasteiger partial charge in [0, 0.05) is 5.56 Å². The van der Waals surface area contributed by atoms with Crippen molar-refractivity contribution >= 4 is 5.78 Å². The molecule has 0 aromatic heterocycles. The molecule has 0 aliphatic heterocycles. The Kier molecular flexibility index (Phi) is 2.26. The first-order chi connectivity index (χ1) is 6.98. The van der Waals surface area contributed by atoms with Crippen LogP contribution in [-0.4, -0.2) is 5.78 Å².